The third-order valence-corrected chi connectivity index (χ3v) is 2.48. The molecule has 2 heterocycles. The lowest BCUT2D eigenvalue weighted by Gasteiger charge is -1.88. The van der Waals surface area contributed by atoms with Crippen LogP contribution in [0, 0.1) is 0 Å². The number of nitrogens with zero attached hydrogens (tertiary/aromatic N) is 4. The molecule has 0 unspecified atom stereocenters. The molecule has 5 nitrogen and oxygen atoms in total. The molecule has 0 atom stereocenters. The van der Waals surface area contributed by atoms with Crippen molar-refractivity contribution in [1.29, 1.82) is 0 Å². The molecule has 0 N–H and O–H groups in total. The Morgan fingerprint density at radius 1 is 1.64 bits per heavy atom. The number of rotatable bonds is 3. The van der Waals surface area contributed by atoms with E-state index in [9.17, 15) is 4.79 Å². The van der Waals surface area contributed by atoms with Gasteiger partial charge in [-0.3, -0.25) is 4.79 Å². The number of thioether (sulfide) groups is 1. The Morgan fingerprint density at radius 2 is 2.50 bits per heavy atom. The van der Waals surface area contributed by atoms with Gasteiger partial charge < -0.3 is 0 Å². The Bertz CT molecular complexity index is 434. The molecule has 0 aromatic carbocycles. The van der Waals surface area contributed by atoms with E-state index >= 15 is 0 Å². The lowest BCUT2D eigenvalue weighted by molar-refractivity contribution is -0.114. The lowest BCUT2D eigenvalue weighted by Crippen LogP contribution is -1.93. The van der Waals surface area contributed by atoms with E-state index in [1.807, 2.05) is 0 Å². The van der Waals surface area contributed by atoms with E-state index < -0.39 is 0 Å². The van der Waals surface area contributed by atoms with Gasteiger partial charge in [-0.05, 0) is 13.0 Å². The van der Waals surface area contributed by atoms with Crippen molar-refractivity contribution < 1.29 is 4.79 Å². The summed E-state index contributed by atoms with van der Waals surface area (Å²) in [6.07, 6.45) is 3.43. The molecular weight excluding hydrogens is 200 g/mol. The molecule has 0 radical (unpaired) electrons. The first kappa shape index (κ1) is 9.14. The van der Waals surface area contributed by atoms with Crippen LogP contribution in [0.15, 0.2) is 23.6 Å². The molecule has 0 aliphatic rings. The Kier molecular flexibility index (Phi) is 2.45. The molecule has 0 amide bonds. The molecule has 14 heavy (non-hydrogen) atoms. The first-order valence-electron chi connectivity index (χ1n) is 4.05. The van der Waals surface area contributed by atoms with Crippen molar-refractivity contribution in [3.63, 3.8) is 0 Å². The van der Waals surface area contributed by atoms with E-state index in [1.54, 1.807) is 29.9 Å². The minimum atomic E-state index is 0.113. The van der Waals surface area contributed by atoms with Gasteiger partial charge in [0.1, 0.15) is 5.78 Å². The van der Waals surface area contributed by atoms with E-state index in [-0.39, 0.29) is 5.78 Å². The standard InChI is InChI=1S/C8H8N4OS/c1-6(13)5-14-8-10-7-9-3-2-4-12(7)11-8/h2-4H,5H2,1H3. The first-order chi connectivity index (χ1) is 6.75. The fraction of sp³-hybridized carbons (Fsp3) is 0.250. The smallest absolute Gasteiger partial charge is 0.253 e. The minimum absolute atomic E-state index is 0.113. The summed E-state index contributed by atoms with van der Waals surface area (Å²) in [5.41, 5.74) is 0. The van der Waals surface area contributed by atoms with Gasteiger partial charge in [0.25, 0.3) is 5.78 Å². The maximum Gasteiger partial charge on any atom is 0.253 e. The second-order valence-electron chi connectivity index (χ2n) is 2.75. The van der Waals surface area contributed by atoms with E-state index in [1.165, 1.54) is 11.8 Å². The number of Topliss-reactive ketones (excluding diaryl/α,β-unsaturated/α-hetero) is 1. The van der Waals surface area contributed by atoms with Crippen molar-refractivity contribution in [2.45, 2.75) is 12.1 Å². The summed E-state index contributed by atoms with van der Waals surface area (Å²) >= 11 is 1.32. The highest BCUT2D eigenvalue weighted by Crippen LogP contribution is 2.12. The highest BCUT2D eigenvalue weighted by Gasteiger charge is 2.04. The number of aromatic nitrogens is 4. The van der Waals surface area contributed by atoms with Crippen LogP contribution in [-0.4, -0.2) is 31.1 Å². The maximum atomic E-state index is 10.7. The Morgan fingerprint density at radius 3 is 3.21 bits per heavy atom. The lowest BCUT2D eigenvalue weighted by atomic mass is 10.5. The van der Waals surface area contributed by atoms with Crippen LogP contribution < -0.4 is 0 Å². The fourth-order valence-corrected chi connectivity index (χ4v) is 1.57. The zero-order valence-corrected chi connectivity index (χ0v) is 8.36. The Labute approximate surface area is 84.6 Å². The second kappa shape index (κ2) is 3.75. The van der Waals surface area contributed by atoms with Crippen molar-refractivity contribution in [1.82, 2.24) is 19.6 Å². The highest BCUT2D eigenvalue weighted by molar-refractivity contribution is 7.99. The molecule has 2 aromatic heterocycles. The van der Waals surface area contributed by atoms with Crippen LogP contribution in [-0.2, 0) is 4.79 Å². The molecular formula is C8H8N4OS. The van der Waals surface area contributed by atoms with Gasteiger partial charge >= 0.3 is 0 Å². The average molecular weight is 208 g/mol. The molecule has 0 saturated carbocycles. The van der Waals surface area contributed by atoms with Crippen LogP contribution in [0.3, 0.4) is 0 Å². The molecule has 2 aromatic rings. The summed E-state index contributed by atoms with van der Waals surface area (Å²) in [7, 11) is 0. The van der Waals surface area contributed by atoms with Gasteiger partial charge in [0.05, 0.1) is 5.75 Å². The number of fused-ring (bicyclic) bond motifs is 1. The van der Waals surface area contributed by atoms with Gasteiger partial charge in [-0.1, -0.05) is 11.8 Å². The normalized spacial score (nSPS) is 10.6. The van der Waals surface area contributed by atoms with Gasteiger partial charge in [-0.15, -0.1) is 5.10 Å². The third-order valence-electron chi connectivity index (χ3n) is 1.50. The largest absolute Gasteiger partial charge is 0.299 e. The summed E-state index contributed by atoms with van der Waals surface area (Å²) in [5, 5.41) is 4.72. The third kappa shape index (κ3) is 1.90. The second-order valence-corrected chi connectivity index (χ2v) is 3.69. The summed E-state index contributed by atoms with van der Waals surface area (Å²) in [6.45, 7) is 1.54. The number of ketones is 1. The van der Waals surface area contributed by atoms with Crippen molar-refractivity contribution in [2.75, 3.05) is 5.75 Å². The van der Waals surface area contributed by atoms with Gasteiger partial charge in [-0.25, -0.2) is 9.50 Å². The van der Waals surface area contributed by atoms with E-state index in [0.717, 1.165) is 0 Å². The van der Waals surface area contributed by atoms with E-state index in [0.29, 0.717) is 16.7 Å². The zero-order valence-electron chi connectivity index (χ0n) is 7.54. The van der Waals surface area contributed by atoms with Crippen LogP contribution in [0.2, 0.25) is 0 Å². The van der Waals surface area contributed by atoms with E-state index in [4.69, 9.17) is 0 Å². The first-order valence-corrected chi connectivity index (χ1v) is 5.04. The molecule has 0 bridgehead atoms. The summed E-state index contributed by atoms with van der Waals surface area (Å²) in [4.78, 5) is 18.9. The quantitative estimate of drug-likeness (QED) is 0.698. The topological polar surface area (TPSA) is 60.2 Å². The number of hydrogen-bond acceptors (Lipinski definition) is 5. The number of carbonyl (C=O) groups is 1. The van der Waals surface area contributed by atoms with Crippen LogP contribution in [0.5, 0.6) is 0 Å². The van der Waals surface area contributed by atoms with Gasteiger partial charge in [-0.2, -0.15) is 4.98 Å². The predicted molar refractivity (Wildman–Crippen MR) is 52.2 cm³/mol. The average Bonchev–Trinajstić information content (AvgIpc) is 2.57. The van der Waals surface area contributed by atoms with Gasteiger partial charge in [0, 0.05) is 12.4 Å². The van der Waals surface area contributed by atoms with Crippen LogP contribution in [0.25, 0.3) is 5.78 Å². The molecule has 72 valence electrons. The van der Waals surface area contributed by atoms with Crippen LogP contribution in [0.1, 0.15) is 6.92 Å². The molecule has 0 spiro atoms. The SMILES string of the molecule is CC(=O)CSc1nc2ncccn2n1. The van der Waals surface area contributed by atoms with Gasteiger partial charge in [0.15, 0.2) is 0 Å². The van der Waals surface area contributed by atoms with E-state index in [2.05, 4.69) is 15.1 Å². The molecule has 0 saturated heterocycles. The van der Waals surface area contributed by atoms with Gasteiger partial charge in [0.2, 0.25) is 5.16 Å². The van der Waals surface area contributed by atoms with Crippen molar-refractivity contribution in [3.8, 4) is 0 Å². The van der Waals surface area contributed by atoms with Crippen molar-refractivity contribution >= 4 is 23.3 Å². The fourth-order valence-electron chi connectivity index (χ4n) is 0.941. The zero-order chi connectivity index (χ0) is 9.97. The Balaban J connectivity index is 2.22. The molecule has 2 rings (SSSR count). The molecule has 6 heteroatoms. The summed E-state index contributed by atoms with van der Waals surface area (Å²) in [6, 6.07) is 1.78. The van der Waals surface area contributed by atoms with Crippen LogP contribution >= 0.6 is 11.8 Å². The summed E-state index contributed by atoms with van der Waals surface area (Å²) < 4.78 is 1.59. The summed E-state index contributed by atoms with van der Waals surface area (Å²) in [5.74, 6) is 1.07. The predicted octanol–water partition coefficient (Wildman–Crippen LogP) is 0.805. The number of hydrogen-bond donors (Lipinski definition) is 0. The molecule has 0 fully saturated rings. The van der Waals surface area contributed by atoms with Crippen LogP contribution in [0.4, 0.5) is 0 Å². The highest BCUT2D eigenvalue weighted by atomic mass is 32.2. The molecule has 0 aliphatic heterocycles. The number of carbonyl (C=O) groups excluding carboxylic acids is 1. The Hall–Kier alpha value is -1.43. The monoisotopic (exact) mass is 208 g/mol. The maximum absolute atomic E-state index is 10.7. The molecule has 0 aliphatic carbocycles. The van der Waals surface area contributed by atoms with Crippen molar-refractivity contribution in [3.05, 3.63) is 18.5 Å². The van der Waals surface area contributed by atoms with Crippen molar-refractivity contribution in [2.24, 2.45) is 0 Å². The minimum Gasteiger partial charge on any atom is -0.299 e.